The number of nitrogens with zero attached hydrogens (tertiary/aromatic N) is 2. The summed E-state index contributed by atoms with van der Waals surface area (Å²) >= 11 is 1.43. The van der Waals surface area contributed by atoms with Crippen LogP contribution in [0.2, 0.25) is 0 Å². The number of aromatic nitrogens is 1. The van der Waals surface area contributed by atoms with Crippen LogP contribution in [0.1, 0.15) is 26.4 Å². The summed E-state index contributed by atoms with van der Waals surface area (Å²) < 4.78 is 0. The molecule has 1 aliphatic heterocycles. The van der Waals surface area contributed by atoms with E-state index < -0.39 is 0 Å². The van der Waals surface area contributed by atoms with Gasteiger partial charge < -0.3 is 5.73 Å². The number of nitrogen functional groups attached to an aromatic ring is 1. The topological polar surface area (TPSA) is 76.3 Å². The summed E-state index contributed by atoms with van der Waals surface area (Å²) in [6.45, 7) is 0.190. The minimum Gasteiger partial charge on any atom is -0.398 e. The first-order chi connectivity index (χ1) is 8.68. The van der Waals surface area contributed by atoms with Crippen molar-refractivity contribution < 1.29 is 9.59 Å². The highest BCUT2D eigenvalue weighted by Gasteiger charge is 2.37. The lowest BCUT2D eigenvalue weighted by Gasteiger charge is -2.11. The van der Waals surface area contributed by atoms with Crippen LogP contribution in [0.5, 0.6) is 0 Å². The van der Waals surface area contributed by atoms with Crippen LogP contribution in [0, 0.1) is 0 Å². The molecule has 3 rings (SSSR count). The maximum atomic E-state index is 12.2. The van der Waals surface area contributed by atoms with Crippen LogP contribution in [0.4, 0.5) is 5.69 Å². The molecule has 0 atom stereocenters. The second-order valence-corrected chi connectivity index (χ2v) is 4.66. The quantitative estimate of drug-likeness (QED) is 0.655. The fourth-order valence-electron chi connectivity index (χ4n) is 1.98. The Morgan fingerprint density at radius 1 is 1.28 bits per heavy atom. The minimum atomic E-state index is -0.346. The van der Waals surface area contributed by atoms with Crippen molar-refractivity contribution in [2.75, 3.05) is 5.73 Å². The highest BCUT2D eigenvalue weighted by molar-refractivity contribution is 7.07. The van der Waals surface area contributed by atoms with E-state index in [4.69, 9.17) is 5.73 Å². The predicted molar refractivity (Wildman–Crippen MR) is 67.2 cm³/mol. The minimum absolute atomic E-state index is 0.190. The molecule has 6 heteroatoms. The Bertz CT molecular complexity index is 637. The molecule has 5 nitrogen and oxygen atoms in total. The fourth-order valence-corrected chi connectivity index (χ4v) is 2.53. The molecule has 0 bridgehead atoms. The molecular formula is C12H9N3O2S. The van der Waals surface area contributed by atoms with Crippen LogP contribution < -0.4 is 5.73 Å². The summed E-state index contributed by atoms with van der Waals surface area (Å²) in [6.07, 6.45) is 0. The monoisotopic (exact) mass is 259 g/mol. The maximum Gasteiger partial charge on any atom is 0.264 e. The van der Waals surface area contributed by atoms with Crippen molar-refractivity contribution in [3.8, 4) is 0 Å². The highest BCUT2D eigenvalue weighted by Crippen LogP contribution is 2.28. The Balaban J connectivity index is 2.00. The van der Waals surface area contributed by atoms with Gasteiger partial charge in [0.05, 0.1) is 28.9 Å². The van der Waals surface area contributed by atoms with Crippen LogP contribution in [0.15, 0.2) is 29.1 Å². The molecule has 0 unspecified atom stereocenters. The average Bonchev–Trinajstić information content (AvgIpc) is 2.94. The second-order valence-electron chi connectivity index (χ2n) is 3.95. The van der Waals surface area contributed by atoms with Crippen molar-refractivity contribution in [2.45, 2.75) is 6.54 Å². The molecule has 2 heterocycles. The largest absolute Gasteiger partial charge is 0.398 e. The molecule has 0 radical (unpaired) electrons. The van der Waals surface area contributed by atoms with Gasteiger partial charge in [-0.2, -0.15) is 0 Å². The highest BCUT2D eigenvalue weighted by atomic mass is 32.1. The molecule has 90 valence electrons. The van der Waals surface area contributed by atoms with E-state index in [1.807, 2.05) is 5.38 Å². The van der Waals surface area contributed by atoms with Gasteiger partial charge in [-0.15, -0.1) is 11.3 Å². The molecule has 1 aliphatic rings. The summed E-state index contributed by atoms with van der Waals surface area (Å²) in [5.74, 6) is -0.656. The molecule has 1 aromatic heterocycles. The third-order valence-corrected chi connectivity index (χ3v) is 3.47. The van der Waals surface area contributed by atoms with Crippen LogP contribution in [0.25, 0.3) is 0 Å². The van der Waals surface area contributed by atoms with Crippen LogP contribution in [0.3, 0.4) is 0 Å². The smallest absolute Gasteiger partial charge is 0.264 e. The van der Waals surface area contributed by atoms with Gasteiger partial charge in [0.25, 0.3) is 11.8 Å². The molecule has 0 spiro atoms. The van der Waals surface area contributed by atoms with Gasteiger partial charge in [0.15, 0.2) is 0 Å². The Kier molecular flexibility index (Phi) is 2.38. The Hall–Kier alpha value is -2.21. The number of rotatable bonds is 2. The van der Waals surface area contributed by atoms with Crippen molar-refractivity contribution in [2.24, 2.45) is 0 Å². The number of fused-ring (bicyclic) bond motifs is 1. The van der Waals surface area contributed by atoms with Crippen molar-refractivity contribution in [1.82, 2.24) is 9.88 Å². The summed E-state index contributed by atoms with van der Waals surface area (Å²) in [5.41, 5.74) is 9.13. The van der Waals surface area contributed by atoms with E-state index in [0.717, 1.165) is 0 Å². The van der Waals surface area contributed by atoms with Gasteiger partial charge in [0.2, 0.25) is 0 Å². The predicted octanol–water partition coefficient (Wildman–Crippen LogP) is 1.52. The number of carbonyl (C=O) groups is 2. The van der Waals surface area contributed by atoms with E-state index >= 15 is 0 Å². The first-order valence-electron chi connectivity index (χ1n) is 5.30. The number of nitrogens with two attached hydrogens (primary N) is 1. The van der Waals surface area contributed by atoms with Gasteiger partial charge in [-0.05, 0) is 12.1 Å². The molecule has 2 amide bonds. The molecule has 18 heavy (non-hydrogen) atoms. The van der Waals surface area contributed by atoms with E-state index in [0.29, 0.717) is 22.5 Å². The number of hydrogen-bond donors (Lipinski definition) is 1. The third-order valence-electron chi connectivity index (χ3n) is 2.83. The third kappa shape index (κ3) is 1.50. The SMILES string of the molecule is Nc1cccc2c1C(=O)N(Cc1cscn1)C2=O. The number of carbonyl (C=O) groups excluding carboxylic acids is 2. The van der Waals surface area contributed by atoms with Gasteiger partial charge >= 0.3 is 0 Å². The molecule has 2 aromatic rings. The second kappa shape index (κ2) is 3.92. The van der Waals surface area contributed by atoms with Crippen LogP contribution in [-0.4, -0.2) is 21.7 Å². The van der Waals surface area contributed by atoms with Gasteiger partial charge in [-0.1, -0.05) is 6.07 Å². The normalized spacial score (nSPS) is 14.1. The lowest BCUT2D eigenvalue weighted by atomic mass is 10.1. The number of anilines is 1. The number of imide groups is 1. The van der Waals surface area contributed by atoms with Gasteiger partial charge in [-0.25, -0.2) is 4.98 Å². The number of benzene rings is 1. The molecule has 1 aromatic carbocycles. The Morgan fingerprint density at radius 2 is 2.11 bits per heavy atom. The lowest BCUT2D eigenvalue weighted by molar-refractivity contribution is 0.0641. The van der Waals surface area contributed by atoms with E-state index in [-0.39, 0.29) is 18.4 Å². The maximum absolute atomic E-state index is 12.2. The average molecular weight is 259 g/mol. The van der Waals surface area contributed by atoms with Crippen LogP contribution >= 0.6 is 11.3 Å². The molecule has 0 fully saturated rings. The number of amides is 2. The number of thiazole rings is 1. The first-order valence-corrected chi connectivity index (χ1v) is 6.24. The fraction of sp³-hybridized carbons (Fsp3) is 0.0833. The van der Waals surface area contributed by atoms with Crippen molar-refractivity contribution in [1.29, 1.82) is 0 Å². The van der Waals surface area contributed by atoms with Crippen molar-refractivity contribution in [3.05, 3.63) is 45.9 Å². The molecule has 2 N–H and O–H groups in total. The molecular weight excluding hydrogens is 250 g/mol. The number of hydrogen-bond acceptors (Lipinski definition) is 5. The summed E-state index contributed by atoms with van der Waals surface area (Å²) in [4.78, 5) is 29.5. The van der Waals surface area contributed by atoms with E-state index in [1.54, 1.807) is 23.7 Å². The molecule has 0 aliphatic carbocycles. The van der Waals surface area contributed by atoms with Crippen molar-refractivity contribution >= 4 is 28.8 Å². The summed E-state index contributed by atoms with van der Waals surface area (Å²) in [6, 6.07) is 4.91. The van der Waals surface area contributed by atoms with Gasteiger partial charge in [-0.3, -0.25) is 14.5 Å². The Morgan fingerprint density at radius 3 is 2.78 bits per heavy atom. The van der Waals surface area contributed by atoms with E-state index in [9.17, 15) is 9.59 Å². The van der Waals surface area contributed by atoms with Crippen molar-refractivity contribution in [3.63, 3.8) is 0 Å². The summed E-state index contributed by atoms with van der Waals surface area (Å²) in [7, 11) is 0. The zero-order valence-corrected chi connectivity index (χ0v) is 10.1. The van der Waals surface area contributed by atoms with E-state index in [1.165, 1.54) is 16.2 Å². The van der Waals surface area contributed by atoms with Crippen LogP contribution in [-0.2, 0) is 6.54 Å². The first kappa shape index (κ1) is 10.9. The standard InChI is InChI=1S/C12H9N3O2S/c13-9-3-1-2-8-10(9)12(17)15(11(8)16)4-7-5-18-6-14-7/h1-3,5-6H,4,13H2. The van der Waals surface area contributed by atoms with E-state index in [2.05, 4.69) is 4.98 Å². The lowest BCUT2D eigenvalue weighted by Crippen LogP contribution is -2.29. The van der Waals surface area contributed by atoms with Gasteiger partial charge in [0.1, 0.15) is 0 Å². The zero-order chi connectivity index (χ0) is 12.7. The molecule has 0 saturated heterocycles. The zero-order valence-electron chi connectivity index (χ0n) is 9.29. The van der Waals surface area contributed by atoms with Gasteiger partial charge in [0, 0.05) is 11.1 Å². The molecule has 0 saturated carbocycles. The summed E-state index contributed by atoms with van der Waals surface area (Å²) in [5, 5.41) is 1.81. The Labute approximate surface area is 107 Å².